The molecule has 16 heavy (non-hydrogen) atoms. The van der Waals surface area contributed by atoms with Crippen LogP contribution in [0.3, 0.4) is 0 Å². The number of hydrogen-bond donors (Lipinski definition) is 0. The number of hydrogen-bond acceptors (Lipinski definition) is 3. The Morgan fingerprint density at radius 1 is 1.25 bits per heavy atom. The van der Waals surface area contributed by atoms with E-state index >= 15 is 0 Å². The fourth-order valence-electron chi connectivity index (χ4n) is 1.63. The number of nitrogens with zero attached hydrogens (tertiary/aromatic N) is 2. The molecule has 2 rings (SSSR count). The molecule has 1 aromatic rings. The number of rotatable bonds is 2. The zero-order valence-electron chi connectivity index (χ0n) is 8.63. The van der Waals surface area contributed by atoms with Gasteiger partial charge in [0.15, 0.2) is 0 Å². The van der Waals surface area contributed by atoms with Crippen molar-refractivity contribution >= 4 is 21.6 Å². The second-order valence-electron chi connectivity index (χ2n) is 3.59. The highest BCUT2D eigenvalue weighted by Crippen LogP contribution is 2.20. The molecule has 0 saturated carbocycles. The summed E-state index contributed by atoms with van der Waals surface area (Å²) in [5.41, 5.74) is 0. The second-order valence-corrected chi connectivity index (χ2v) is 5.91. The van der Waals surface area contributed by atoms with Crippen LogP contribution in [-0.4, -0.2) is 30.8 Å². The van der Waals surface area contributed by atoms with Crippen molar-refractivity contribution in [2.24, 2.45) is 0 Å². The number of piperidine rings is 1. The van der Waals surface area contributed by atoms with E-state index in [1.54, 1.807) is 0 Å². The molecule has 0 atom stereocenters. The van der Waals surface area contributed by atoms with Crippen LogP contribution in [0.15, 0.2) is 23.2 Å². The van der Waals surface area contributed by atoms with Crippen molar-refractivity contribution in [2.45, 2.75) is 17.7 Å². The van der Waals surface area contributed by atoms with E-state index in [4.69, 9.17) is 11.6 Å². The summed E-state index contributed by atoms with van der Waals surface area (Å²) in [7, 11) is -3.39. The van der Waals surface area contributed by atoms with Gasteiger partial charge < -0.3 is 0 Å². The lowest BCUT2D eigenvalue weighted by Crippen LogP contribution is -2.35. The number of pyridine rings is 1. The van der Waals surface area contributed by atoms with Gasteiger partial charge in [-0.15, -0.1) is 0 Å². The summed E-state index contributed by atoms with van der Waals surface area (Å²) in [6.07, 6.45) is 5.02. The molecule has 0 bridgehead atoms. The summed E-state index contributed by atoms with van der Waals surface area (Å²) < 4.78 is 25.7. The van der Waals surface area contributed by atoms with Crippen molar-refractivity contribution in [3.05, 3.63) is 29.9 Å². The number of aromatic nitrogens is 1. The predicted octanol–water partition coefficient (Wildman–Crippen LogP) is 1.72. The lowest BCUT2D eigenvalue weighted by Gasteiger charge is -2.25. The van der Waals surface area contributed by atoms with E-state index in [0.29, 0.717) is 18.2 Å². The predicted molar refractivity (Wildman–Crippen MR) is 61.5 cm³/mol. The van der Waals surface area contributed by atoms with E-state index in [9.17, 15) is 8.42 Å². The van der Waals surface area contributed by atoms with Crippen molar-refractivity contribution in [1.29, 1.82) is 0 Å². The normalized spacial score (nSPS) is 18.6. The fraction of sp³-hybridized carbons (Fsp3) is 0.400. The zero-order valence-corrected chi connectivity index (χ0v) is 10.2. The van der Waals surface area contributed by atoms with E-state index in [1.165, 1.54) is 22.6 Å². The van der Waals surface area contributed by atoms with Gasteiger partial charge in [-0.1, -0.05) is 11.6 Å². The first-order valence-electron chi connectivity index (χ1n) is 5.04. The van der Waals surface area contributed by atoms with Crippen molar-refractivity contribution < 1.29 is 8.42 Å². The summed E-state index contributed by atoms with van der Waals surface area (Å²) in [6.45, 7) is 1.09. The van der Waals surface area contributed by atoms with Gasteiger partial charge in [-0.2, -0.15) is 4.31 Å². The monoisotopic (exact) mass is 259 g/mol. The molecule has 1 aliphatic rings. The third-order valence-corrected chi connectivity index (χ3v) is 4.61. The Morgan fingerprint density at radius 3 is 2.50 bits per heavy atom. The van der Waals surface area contributed by atoms with Gasteiger partial charge in [-0.05, 0) is 31.4 Å². The first-order chi connectivity index (χ1) is 7.60. The van der Waals surface area contributed by atoms with Crippen LogP contribution in [0.4, 0.5) is 0 Å². The molecule has 6 heteroatoms. The summed E-state index contributed by atoms with van der Waals surface area (Å²) in [5.74, 6) is 0. The third-order valence-electron chi connectivity index (χ3n) is 2.50. The molecule has 0 aromatic carbocycles. The minimum atomic E-state index is -3.39. The van der Waals surface area contributed by atoms with Crippen LogP contribution in [0.1, 0.15) is 12.8 Å². The molecule has 1 fully saturated rings. The molecule has 1 radical (unpaired) electrons. The minimum Gasteiger partial charge on any atom is -0.243 e. The topological polar surface area (TPSA) is 50.3 Å². The Bertz CT molecular complexity index is 452. The van der Waals surface area contributed by atoms with Gasteiger partial charge in [0.25, 0.3) is 0 Å². The summed E-state index contributed by atoms with van der Waals surface area (Å²) >= 11 is 5.62. The lowest BCUT2D eigenvalue weighted by molar-refractivity contribution is 0.384. The third kappa shape index (κ3) is 2.36. The average Bonchev–Trinajstić information content (AvgIpc) is 2.31. The number of sulfonamides is 1. The highest BCUT2D eigenvalue weighted by Gasteiger charge is 2.25. The molecule has 1 saturated heterocycles. The molecule has 1 aromatic heterocycles. The second kappa shape index (κ2) is 4.69. The van der Waals surface area contributed by atoms with E-state index in [2.05, 4.69) is 11.4 Å². The molecule has 2 heterocycles. The van der Waals surface area contributed by atoms with Crippen LogP contribution in [0, 0.1) is 6.42 Å². The maximum atomic E-state index is 12.1. The van der Waals surface area contributed by atoms with Gasteiger partial charge in [-0.3, -0.25) is 0 Å². The van der Waals surface area contributed by atoms with Gasteiger partial charge in [0.1, 0.15) is 10.0 Å². The highest BCUT2D eigenvalue weighted by molar-refractivity contribution is 7.89. The fourth-order valence-corrected chi connectivity index (χ4v) is 3.16. The van der Waals surface area contributed by atoms with Gasteiger partial charge in [0.05, 0.1) is 0 Å². The standard InChI is InChI=1S/C10H12ClN2O2S/c11-10-5-4-9(8-12-10)16(14,15)13-6-2-1-3-7-13/h1,4-5,8H,2-3,6-7H2. The molecule has 0 N–H and O–H groups in total. The lowest BCUT2D eigenvalue weighted by atomic mass is 10.2. The highest BCUT2D eigenvalue weighted by atomic mass is 35.5. The summed E-state index contributed by atoms with van der Waals surface area (Å²) in [6, 6.07) is 2.98. The van der Waals surface area contributed by atoms with Crippen LogP contribution in [0.25, 0.3) is 0 Å². The molecular weight excluding hydrogens is 248 g/mol. The SMILES string of the molecule is O=S(=O)(c1ccc(Cl)nc1)N1CC[CH]CC1. The van der Waals surface area contributed by atoms with Crippen molar-refractivity contribution in [1.82, 2.24) is 9.29 Å². The molecule has 87 valence electrons. The molecule has 0 unspecified atom stereocenters. The van der Waals surface area contributed by atoms with E-state index in [-0.39, 0.29) is 4.90 Å². The largest absolute Gasteiger partial charge is 0.244 e. The van der Waals surface area contributed by atoms with Crippen LogP contribution >= 0.6 is 11.6 Å². The van der Waals surface area contributed by atoms with Gasteiger partial charge in [0, 0.05) is 19.3 Å². The maximum absolute atomic E-state index is 12.1. The molecule has 0 amide bonds. The van der Waals surface area contributed by atoms with Crippen molar-refractivity contribution in [3.63, 3.8) is 0 Å². The van der Waals surface area contributed by atoms with Crippen molar-refractivity contribution in [3.8, 4) is 0 Å². The molecule has 1 aliphatic heterocycles. The van der Waals surface area contributed by atoms with E-state index < -0.39 is 10.0 Å². The maximum Gasteiger partial charge on any atom is 0.244 e. The van der Waals surface area contributed by atoms with E-state index in [1.807, 2.05) is 0 Å². The van der Waals surface area contributed by atoms with Crippen molar-refractivity contribution in [2.75, 3.05) is 13.1 Å². The summed E-state index contributed by atoms with van der Waals surface area (Å²) in [5, 5.41) is 0.297. The van der Waals surface area contributed by atoms with Gasteiger partial charge >= 0.3 is 0 Å². The first kappa shape index (κ1) is 11.8. The Kier molecular flexibility index (Phi) is 3.47. The first-order valence-corrected chi connectivity index (χ1v) is 6.86. The van der Waals surface area contributed by atoms with E-state index in [0.717, 1.165) is 12.8 Å². The van der Waals surface area contributed by atoms with Crippen LogP contribution in [0.2, 0.25) is 5.15 Å². The Morgan fingerprint density at radius 2 is 1.94 bits per heavy atom. The Labute approximate surface area is 100 Å². The molecule has 4 nitrogen and oxygen atoms in total. The zero-order chi connectivity index (χ0) is 11.6. The number of halogens is 1. The van der Waals surface area contributed by atoms with Gasteiger partial charge in [-0.25, -0.2) is 13.4 Å². The smallest absolute Gasteiger partial charge is 0.243 e. The Balaban J connectivity index is 2.27. The van der Waals surface area contributed by atoms with Gasteiger partial charge in [0.2, 0.25) is 10.0 Å². The summed E-state index contributed by atoms with van der Waals surface area (Å²) in [4.78, 5) is 4.00. The van der Waals surface area contributed by atoms with Crippen LogP contribution in [0.5, 0.6) is 0 Å². The van der Waals surface area contributed by atoms with Crippen LogP contribution < -0.4 is 0 Å². The molecular formula is C10H12ClN2O2S. The Hall–Kier alpha value is -0.650. The average molecular weight is 260 g/mol. The molecule has 0 spiro atoms. The van der Waals surface area contributed by atoms with Crippen LogP contribution in [-0.2, 0) is 10.0 Å². The molecule has 0 aliphatic carbocycles. The quantitative estimate of drug-likeness (QED) is 0.760. The minimum absolute atomic E-state index is 0.207.